The largest absolute Gasteiger partial charge is 0.481 e. The fourth-order valence-corrected chi connectivity index (χ4v) is 2.39. The second-order valence-electron chi connectivity index (χ2n) is 5.11. The van der Waals surface area contributed by atoms with E-state index in [9.17, 15) is 14.4 Å². The number of amides is 3. The molecule has 0 bridgehead atoms. The standard InChI is InChI=1S/C15H18N2O4/c18-13(6-3-7-14(19)20)17-15(21)16-9-11-8-10-4-1-2-5-12(10)11/h1-2,4-5,11H,3,6-9H2,(H,19,20)(H2,16,17,18,21). The van der Waals surface area contributed by atoms with Crippen LogP contribution < -0.4 is 10.6 Å². The third-order valence-corrected chi connectivity index (χ3v) is 3.52. The highest BCUT2D eigenvalue weighted by Crippen LogP contribution is 2.33. The van der Waals surface area contributed by atoms with Crippen molar-refractivity contribution in [3.63, 3.8) is 0 Å². The highest BCUT2D eigenvalue weighted by atomic mass is 16.4. The van der Waals surface area contributed by atoms with Gasteiger partial charge >= 0.3 is 12.0 Å². The summed E-state index contributed by atoms with van der Waals surface area (Å²) in [5.74, 6) is -1.10. The van der Waals surface area contributed by atoms with Crippen LogP contribution in [0, 0.1) is 0 Å². The van der Waals surface area contributed by atoms with E-state index in [-0.39, 0.29) is 19.3 Å². The van der Waals surface area contributed by atoms with Crippen LogP contribution in [0.5, 0.6) is 0 Å². The van der Waals surface area contributed by atoms with Crippen molar-refractivity contribution < 1.29 is 19.5 Å². The summed E-state index contributed by atoms with van der Waals surface area (Å²) in [4.78, 5) is 33.3. The van der Waals surface area contributed by atoms with Crippen molar-refractivity contribution >= 4 is 17.9 Å². The Balaban J connectivity index is 1.64. The zero-order valence-electron chi connectivity index (χ0n) is 11.6. The molecule has 21 heavy (non-hydrogen) atoms. The quantitative estimate of drug-likeness (QED) is 0.738. The highest BCUT2D eigenvalue weighted by molar-refractivity contribution is 5.94. The molecule has 1 aromatic carbocycles. The number of rotatable bonds is 6. The summed E-state index contributed by atoms with van der Waals surface area (Å²) in [6.07, 6.45) is 1.12. The van der Waals surface area contributed by atoms with Gasteiger partial charge in [0.25, 0.3) is 0 Å². The molecule has 112 valence electrons. The summed E-state index contributed by atoms with van der Waals surface area (Å²) in [5.41, 5.74) is 2.54. The lowest BCUT2D eigenvalue weighted by Crippen LogP contribution is -2.42. The van der Waals surface area contributed by atoms with E-state index < -0.39 is 17.9 Å². The van der Waals surface area contributed by atoms with Gasteiger partial charge in [-0.1, -0.05) is 24.3 Å². The SMILES string of the molecule is O=C(O)CCCC(=O)NC(=O)NCC1Cc2ccccc21. The number of fused-ring (bicyclic) bond motifs is 1. The maximum atomic E-state index is 11.5. The highest BCUT2D eigenvalue weighted by Gasteiger charge is 2.25. The van der Waals surface area contributed by atoms with Gasteiger partial charge in [-0.3, -0.25) is 14.9 Å². The van der Waals surface area contributed by atoms with E-state index in [4.69, 9.17) is 5.11 Å². The molecule has 3 amide bonds. The minimum absolute atomic E-state index is 0.0337. The van der Waals surface area contributed by atoms with Gasteiger partial charge in [0.05, 0.1) is 0 Å². The van der Waals surface area contributed by atoms with E-state index >= 15 is 0 Å². The third kappa shape index (κ3) is 4.30. The van der Waals surface area contributed by atoms with Gasteiger partial charge in [-0.2, -0.15) is 0 Å². The average molecular weight is 290 g/mol. The lowest BCUT2D eigenvalue weighted by atomic mass is 9.78. The molecule has 1 unspecified atom stereocenters. The predicted octanol–water partition coefficient (Wildman–Crippen LogP) is 1.41. The zero-order chi connectivity index (χ0) is 15.2. The van der Waals surface area contributed by atoms with Gasteiger partial charge < -0.3 is 10.4 Å². The number of nitrogens with one attached hydrogen (secondary N) is 2. The van der Waals surface area contributed by atoms with Crippen LogP contribution in [0.4, 0.5) is 4.79 Å². The molecule has 3 N–H and O–H groups in total. The summed E-state index contributed by atoms with van der Waals surface area (Å²) in [6, 6.07) is 7.54. The van der Waals surface area contributed by atoms with E-state index in [0.29, 0.717) is 12.5 Å². The van der Waals surface area contributed by atoms with Crippen molar-refractivity contribution in [2.24, 2.45) is 0 Å². The normalized spacial score (nSPS) is 15.5. The molecule has 0 heterocycles. The van der Waals surface area contributed by atoms with E-state index in [0.717, 1.165) is 6.42 Å². The molecule has 1 aliphatic rings. The van der Waals surface area contributed by atoms with Gasteiger partial charge in [-0.05, 0) is 24.0 Å². The lowest BCUT2D eigenvalue weighted by Gasteiger charge is -2.30. The molecule has 0 spiro atoms. The average Bonchev–Trinajstić information content (AvgIpc) is 2.39. The molecule has 6 heteroatoms. The Morgan fingerprint density at radius 2 is 1.95 bits per heavy atom. The predicted molar refractivity (Wildman–Crippen MR) is 75.9 cm³/mol. The van der Waals surface area contributed by atoms with Crippen LogP contribution in [0.25, 0.3) is 0 Å². The Morgan fingerprint density at radius 3 is 2.67 bits per heavy atom. The second-order valence-corrected chi connectivity index (χ2v) is 5.11. The van der Waals surface area contributed by atoms with Crippen molar-refractivity contribution in [1.82, 2.24) is 10.6 Å². The van der Waals surface area contributed by atoms with E-state index in [1.807, 2.05) is 18.2 Å². The van der Waals surface area contributed by atoms with Crippen molar-refractivity contribution in [3.05, 3.63) is 35.4 Å². The van der Waals surface area contributed by atoms with Crippen LogP contribution in [-0.2, 0) is 16.0 Å². The van der Waals surface area contributed by atoms with Gasteiger partial charge in [0.15, 0.2) is 0 Å². The van der Waals surface area contributed by atoms with Gasteiger partial charge in [-0.15, -0.1) is 0 Å². The van der Waals surface area contributed by atoms with Crippen molar-refractivity contribution in [3.8, 4) is 0 Å². The summed E-state index contributed by atoms with van der Waals surface area (Å²) in [5, 5.41) is 13.3. The first-order valence-corrected chi connectivity index (χ1v) is 6.93. The Kier molecular flexibility index (Phi) is 4.92. The van der Waals surface area contributed by atoms with Crippen LogP contribution >= 0.6 is 0 Å². The number of hydrogen-bond donors (Lipinski definition) is 3. The number of imide groups is 1. The van der Waals surface area contributed by atoms with Gasteiger partial charge in [0.2, 0.25) is 5.91 Å². The number of hydrogen-bond acceptors (Lipinski definition) is 3. The number of carboxylic acids is 1. The zero-order valence-corrected chi connectivity index (χ0v) is 11.6. The fraction of sp³-hybridized carbons (Fsp3) is 0.400. The fourth-order valence-electron chi connectivity index (χ4n) is 2.39. The number of benzene rings is 1. The molecule has 1 aliphatic carbocycles. The molecule has 0 saturated carbocycles. The third-order valence-electron chi connectivity index (χ3n) is 3.52. The van der Waals surface area contributed by atoms with Crippen LogP contribution in [0.3, 0.4) is 0 Å². The minimum atomic E-state index is -0.948. The lowest BCUT2D eigenvalue weighted by molar-refractivity contribution is -0.137. The first-order valence-electron chi connectivity index (χ1n) is 6.93. The van der Waals surface area contributed by atoms with Crippen LogP contribution in [0.1, 0.15) is 36.3 Å². The van der Waals surface area contributed by atoms with E-state index in [2.05, 4.69) is 16.7 Å². The molecular weight excluding hydrogens is 272 g/mol. The smallest absolute Gasteiger partial charge is 0.321 e. The molecule has 1 aromatic rings. The van der Waals surface area contributed by atoms with Crippen molar-refractivity contribution in [2.45, 2.75) is 31.6 Å². The molecule has 0 aromatic heterocycles. The van der Waals surface area contributed by atoms with Crippen molar-refractivity contribution in [1.29, 1.82) is 0 Å². The summed E-state index contributed by atoms with van der Waals surface area (Å²) >= 11 is 0. The van der Waals surface area contributed by atoms with Crippen molar-refractivity contribution in [2.75, 3.05) is 6.54 Å². The Hall–Kier alpha value is -2.37. The van der Waals surface area contributed by atoms with E-state index in [1.54, 1.807) is 0 Å². The van der Waals surface area contributed by atoms with Crippen LogP contribution in [-0.4, -0.2) is 29.6 Å². The second kappa shape index (κ2) is 6.88. The molecule has 0 aliphatic heterocycles. The summed E-state index contributed by atoms with van der Waals surface area (Å²) in [6.45, 7) is 0.491. The first kappa shape index (κ1) is 15.0. The number of aliphatic carboxylic acids is 1. The van der Waals surface area contributed by atoms with E-state index in [1.165, 1.54) is 11.1 Å². The molecule has 1 atom stereocenters. The number of urea groups is 1. The van der Waals surface area contributed by atoms with Crippen LogP contribution in [0.2, 0.25) is 0 Å². The number of carboxylic acid groups (broad SMARTS) is 1. The topological polar surface area (TPSA) is 95.5 Å². The minimum Gasteiger partial charge on any atom is -0.481 e. The molecule has 2 rings (SSSR count). The Morgan fingerprint density at radius 1 is 1.19 bits per heavy atom. The van der Waals surface area contributed by atoms with Crippen LogP contribution in [0.15, 0.2) is 24.3 Å². The van der Waals surface area contributed by atoms with Gasteiger partial charge in [0.1, 0.15) is 0 Å². The molecule has 0 saturated heterocycles. The number of carbonyl (C=O) groups excluding carboxylic acids is 2. The Labute approximate surface area is 122 Å². The molecule has 0 radical (unpaired) electrons. The van der Waals surface area contributed by atoms with Gasteiger partial charge in [-0.25, -0.2) is 4.79 Å². The number of carbonyl (C=O) groups is 3. The molecule has 6 nitrogen and oxygen atoms in total. The summed E-state index contributed by atoms with van der Waals surface area (Å²) < 4.78 is 0. The monoisotopic (exact) mass is 290 g/mol. The maximum absolute atomic E-state index is 11.5. The first-order chi connectivity index (χ1) is 10.1. The van der Waals surface area contributed by atoms with Gasteiger partial charge in [0, 0.05) is 25.3 Å². The Bertz CT molecular complexity index is 556. The maximum Gasteiger partial charge on any atom is 0.321 e. The molecular formula is C15H18N2O4. The molecule has 0 fully saturated rings. The summed E-state index contributed by atoms with van der Waals surface area (Å²) in [7, 11) is 0.